The summed E-state index contributed by atoms with van der Waals surface area (Å²) in [6.45, 7) is 2.13. The van der Waals surface area contributed by atoms with Crippen LogP contribution in [0, 0.1) is 17.0 Å². The summed E-state index contributed by atoms with van der Waals surface area (Å²) in [6.07, 6.45) is 5.75. The van der Waals surface area contributed by atoms with E-state index in [9.17, 15) is 14.9 Å². The number of hydrogen-bond acceptors (Lipinski definition) is 6. The van der Waals surface area contributed by atoms with E-state index in [4.69, 9.17) is 4.74 Å². The highest BCUT2D eigenvalue weighted by Gasteiger charge is 2.12. The van der Waals surface area contributed by atoms with Gasteiger partial charge in [-0.1, -0.05) is 12.1 Å². The highest BCUT2D eigenvalue weighted by molar-refractivity contribution is 6.05. The largest absolute Gasteiger partial charge is 0.496 e. The number of rotatable bonds is 7. The quantitative estimate of drug-likeness (QED) is 0.270. The van der Waals surface area contributed by atoms with Gasteiger partial charge in [-0.25, -0.2) is 0 Å². The highest BCUT2D eigenvalue weighted by atomic mass is 16.6. The highest BCUT2D eigenvalue weighted by Crippen LogP contribution is 2.22. The zero-order valence-electron chi connectivity index (χ0n) is 15.7. The lowest BCUT2D eigenvalue weighted by Crippen LogP contribution is -2.04. The monoisotopic (exact) mass is 381 g/mol. The fourth-order valence-electron chi connectivity index (χ4n) is 2.83. The molecule has 2 heterocycles. The summed E-state index contributed by atoms with van der Waals surface area (Å²) in [5.41, 5.74) is 2.79. The third-order valence-corrected chi connectivity index (χ3v) is 4.15. The normalized spacial score (nSPS) is 11.1. The molecule has 0 N–H and O–H groups in total. The molecule has 3 rings (SSSR count). The minimum Gasteiger partial charge on any atom is -0.496 e. The minimum absolute atomic E-state index is 0.0768. The van der Waals surface area contributed by atoms with Crippen molar-refractivity contribution in [3.63, 3.8) is 0 Å². The first-order valence-electron chi connectivity index (χ1n) is 8.44. The molecule has 0 aliphatic heterocycles. The topological polar surface area (TPSA) is 105 Å². The second-order valence-corrected chi connectivity index (χ2v) is 6.22. The third-order valence-electron chi connectivity index (χ3n) is 4.15. The van der Waals surface area contributed by atoms with Gasteiger partial charge < -0.3 is 4.74 Å². The molecular weight excluding hydrogens is 362 g/mol. The number of aryl methyl sites for hydroxylation is 2. The second-order valence-electron chi connectivity index (χ2n) is 6.22. The molecule has 0 radical (unpaired) electrons. The van der Waals surface area contributed by atoms with E-state index in [1.807, 2.05) is 19.1 Å². The molecule has 0 amide bonds. The third kappa shape index (κ3) is 4.14. The molecular formula is C19H19N5O4. The summed E-state index contributed by atoms with van der Waals surface area (Å²) in [5.74, 6) is 0.479. The Hall–Kier alpha value is -3.75. The van der Waals surface area contributed by atoms with Crippen LogP contribution in [0.4, 0.5) is 5.69 Å². The second kappa shape index (κ2) is 7.87. The van der Waals surface area contributed by atoms with Gasteiger partial charge in [0, 0.05) is 12.6 Å². The molecule has 3 aromatic rings. The van der Waals surface area contributed by atoms with Crippen LogP contribution in [0.5, 0.6) is 5.75 Å². The van der Waals surface area contributed by atoms with Gasteiger partial charge in [0.05, 0.1) is 24.3 Å². The summed E-state index contributed by atoms with van der Waals surface area (Å²) in [5, 5.41) is 19.0. The maximum Gasteiger partial charge on any atom is 0.307 e. The van der Waals surface area contributed by atoms with Gasteiger partial charge in [0.2, 0.25) is 5.78 Å². The van der Waals surface area contributed by atoms with Crippen LogP contribution >= 0.6 is 0 Å². The van der Waals surface area contributed by atoms with E-state index in [1.54, 1.807) is 37.0 Å². The van der Waals surface area contributed by atoms with Crippen molar-refractivity contribution in [1.82, 2.24) is 19.6 Å². The number of methoxy groups -OCH3 is 1. The van der Waals surface area contributed by atoms with Crippen LogP contribution in [-0.4, -0.2) is 37.4 Å². The van der Waals surface area contributed by atoms with E-state index in [1.165, 1.54) is 23.2 Å². The number of nitrogens with zero attached hydrogens (tertiary/aromatic N) is 5. The Morgan fingerprint density at radius 2 is 2.14 bits per heavy atom. The molecule has 2 aromatic heterocycles. The van der Waals surface area contributed by atoms with E-state index in [0.29, 0.717) is 18.0 Å². The molecule has 0 fully saturated rings. The molecule has 0 unspecified atom stereocenters. The Morgan fingerprint density at radius 3 is 2.75 bits per heavy atom. The first kappa shape index (κ1) is 19.0. The predicted molar refractivity (Wildman–Crippen MR) is 102 cm³/mol. The maximum atomic E-state index is 12.4. The molecule has 0 bridgehead atoms. The van der Waals surface area contributed by atoms with Crippen molar-refractivity contribution in [3.05, 3.63) is 75.4 Å². The van der Waals surface area contributed by atoms with Gasteiger partial charge in [-0.05, 0) is 36.8 Å². The molecule has 0 aliphatic carbocycles. The molecule has 28 heavy (non-hydrogen) atoms. The number of aromatic nitrogens is 4. The molecule has 0 spiro atoms. The van der Waals surface area contributed by atoms with Crippen LogP contribution in [0.15, 0.2) is 42.7 Å². The number of ether oxygens (including phenoxy) is 1. The van der Waals surface area contributed by atoms with E-state index in [-0.39, 0.29) is 11.5 Å². The summed E-state index contributed by atoms with van der Waals surface area (Å²) >= 11 is 0. The first-order chi connectivity index (χ1) is 13.4. The van der Waals surface area contributed by atoms with Crippen molar-refractivity contribution < 1.29 is 14.5 Å². The number of benzene rings is 1. The van der Waals surface area contributed by atoms with Crippen molar-refractivity contribution in [2.45, 2.75) is 13.5 Å². The van der Waals surface area contributed by atoms with E-state index >= 15 is 0 Å². The molecule has 0 saturated carbocycles. The smallest absolute Gasteiger partial charge is 0.307 e. The lowest BCUT2D eigenvalue weighted by Gasteiger charge is -2.09. The number of ketones is 1. The SMILES string of the molecule is COc1ccc(/C=C/C(=O)c2cc(C)nn2C)cc1Cn1cc([N+](=O)[O-])cn1. The zero-order valence-corrected chi connectivity index (χ0v) is 15.7. The molecule has 9 nitrogen and oxygen atoms in total. The zero-order chi connectivity index (χ0) is 20.3. The van der Waals surface area contributed by atoms with Gasteiger partial charge in [-0.15, -0.1) is 0 Å². The fourth-order valence-corrected chi connectivity index (χ4v) is 2.83. The lowest BCUT2D eigenvalue weighted by atomic mass is 10.1. The van der Waals surface area contributed by atoms with Crippen molar-refractivity contribution in [2.75, 3.05) is 7.11 Å². The lowest BCUT2D eigenvalue weighted by molar-refractivity contribution is -0.385. The summed E-state index contributed by atoms with van der Waals surface area (Å²) in [4.78, 5) is 22.7. The standard InChI is InChI=1S/C19H19N5O4/c1-13-8-17(22(2)21-13)18(25)6-4-14-5-7-19(28-3)15(9-14)11-23-12-16(10-20-23)24(26)27/h4-10,12H,11H2,1-3H3/b6-4+. The number of carbonyl (C=O) groups excluding carboxylic acids is 1. The van der Waals surface area contributed by atoms with Crippen molar-refractivity contribution >= 4 is 17.5 Å². The van der Waals surface area contributed by atoms with Crippen molar-refractivity contribution in [1.29, 1.82) is 0 Å². The summed E-state index contributed by atoms with van der Waals surface area (Å²) in [7, 11) is 3.27. The Kier molecular flexibility index (Phi) is 5.35. The number of hydrogen-bond donors (Lipinski definition) is 0. The van der Waals surface area contributed by atoms with Crippen LogP contribution in [0.2, 0.25) is 0 Å². The Bertz CT molecular complexity index is 1060. The maximum absolute atomic E-state index is 12.4. The van der Waals surface area contributed by atoms with Gasteiger partial charge >= 0.3 is 5.69 Å². The van der Waals surface area contributed by atoms with Crippen LogP contribution in [0.25, 0.3) is 6.08 Å². The van der Waals surface area contributed by atoms with E-state index in [2.05, 4.69) is 10.2 Å². The average molecular weight is 381 g/mol. The molecule has 0 aliphatic rings. The fraction of sp³-hybridized carbons (Fsp3) is 0.211. The number of carbonyl (C=O) groups is 1. The van der Waals surface area contributed by atoms with Crippen molar-refractivity contribution in [2.24, 2.45) is 7.05 Å². The average Bonchev–Trinajstić information content (AvgIpc) is 3.26. The first-order valence-corrected chi connectivity index (χ1v) is 8.44. The Labute approximate surface area is 161 Å². The molecule has 0 atom stereocenters. The number of allylic oxidation sites excluding steroid dienone is 1. The number of nitro groups is 1. The Balaban J connectivity index is 1.82. The van der Waals surface area contributed by atoms with Crippen LogP contribution in [0.1, 0.15) is 27.3 Å². The van der Waals surface area contributed by atoms with Crippen LogP contribution < -0.4 is 4.74 Å². The van der Waals surface area contributed by atoms with Gasteiger partial charge in [0.25, 0.3) is 0 Å². The van der Waals surface area contributed by atoms with Crippen LogP contribution in [-0.2, 0) is 13.6 Å². The minimum atomic E-state index is -0.494. The predicted octanol–water partition coefficient (Wildman–Crippen LogP) is 2.79. The molecule has 9 heteroatoms. The Morgan fingerprint density at radius 1 is 1.36 bits per heavy atom. The van der Waals surface area contributed by atoms with Gasteiger partial charge in [-0.3, -0.25) is 24.3 Å². The van der Waals surface area contributed by atoms with Crippen LogP contribution in [0.3, 0.4) is 0 Å². The van der Waals surface area contributed by atoms with Gasteiger partial charge in [-0.2, -0.15) is 10.2 Å². The molecule has 1 aromatic carbocycles. The summed E-state index contributed by atoms with van der Waals surface area (Å²) in [6, 6.07) is 7.19. The van der Waals surface area contributed by atoms with E-state index in [0.717, 1.165) is 16.8 Å². The molecule has 144 valence electrons. The van der Waals surface area contributed by atoms with E-state index < -0.39 is 4.92 Å². The van der Waals surface area contributed by atoms with Crippen molar-refractivity contribution in [3.8, 4) is 5.75 Å². The van der Waals surface area contributed by atoms with Gasteiger partial charge in [0.1, 0.15) is 23.8 Å². The molecule has 0 saturated heterocycles. The van der Waals surface area contributed by atoms with Gasteiger partial charge in [0.15, 0.2) is 0 Å². The summed E-state index contributed by atoms with van der Waals surface area (Å²) < 4.78 is 8.38.